The highest BCUT2D eigenvalue weighted by molar-refractivity contribution is 5.93. The van der Waals surface area contributed by atoms with Crippen molar-refractivity contribution in [3.63, 3.8) is 0 Å². The third kappa shape index (κ3) is 4.96. The van der Waals surface area contributed by atoms with E-state index in [2.05, 4.69) is 26.1 Å². The molecule has 2 amide bonds. The molecule has 25 heavy (non-hydrogen) atoms. The first-order valence-electron chi connectivity index (χ1n) is 8.26. The summed E-state index contributed by atoms with van der Waals surface area (Å²) in [5, 5.41) is 2.73. The van der Waals surface area contributed by atoms with E-state index in [4.69, 9.17) is 0 Å². The number of halogens is 3. The number of hydrogen-bond donors (Lipinski definition) is 1. The minimum Gasteiger partial charge on any atom is -0.334 e. The van der Waals surface area contributed by atoms with E-state index < -0.39 is 18.0 Å². The zero-order valence-electron chi connectivity index (χ0n) is 14.6. The Labute approximate surface area is 145 Å². The first-order chi connectivity index (χ1) is 11.5. The fourth-order valence-corrected chi connectivity index (χ4v) is 2.85. The average Bonchev–Trinajstić information content (AvgIpc) is 2.53. The Kier molecular flexibility index (Phi) is 5.44. The Morgan fingerprint density at radius 1 is 1.12 bits per heavy atom. The number of likely N-dealkylation sites (tertiary alicyclic amines) is 1. The van der Waals surface area contributed by atoms with E-state index >= 15 is 0 Å². The molecule has 1 aliphatic rings. The Morgan fingerprint density at radius 3 is 2.24 bits per heavy atom. The van der Waals surface area contributed by atoms with E-state index in [9.17, 15) is 22.8 Å². The van der Waals surface area contributed by atoms with E-state index in [0.29, 0.717) is 18.5 Å². The topological polar surface area (TPSA) is 49.4 Å². The Balaban J connectivity index is 1.99. The number of benzene rings is 1. The summed E-state index contributed by atoms with van der Waals surface area (Å²) in [5.41, 5.74) is 1.70. The van der Waals surface area contributed by atoms with Gasteiger partial charge in [0.15, 0.2) is 0 Å². The SMILES string of the molecule is CC(C)(C)c1ccc(NC(=O)C2CCCN(C(=O)C(F)(F)F)C2)cc1. The van der Waals surface area contributed by atoms with Crippen molar-refractivity contribution < 1.29 is 22.8 Å². The molecule has 1 aliphatic heterocycles. The summed E-state index contributed by atoms with van der Waals surface area (Å²) in [4.78, 5) is 24.4. The zero-order valence-corrected chi connectivity index (χ0v) is 14.6. The molecule has 0 radical (unpaired) electrons. The molecule has 2 rings (SSSR count). The molecule has 1 N–H and O–H groups in total. The molecule has 0 aromatic heterocycles. The highest BCUT2D eigenvalue weighted by Gasteiger charge is 2.44. The number of hydrogen-bond acceptors (Lipinski definition) is 2. The lowest BCUT2D eigenvalue weighted by Gasteiger charge is -2.32. The molecule has 1 aromatic rings. The van der Waals surface area contributed by atoms with Gasteiger partial charge in [-0.3, -0.25) is 9.59 Å². The van der Waals surface area contributed by atoms with E-state index in [1.807, 2.05) is 12.1 Å². The van der Waals surface area contributed by atoms with Crippen LogP contribution in [0.3, 0.4) is 0 Å². The number of amides is 2. The van der Waals surface area contributed by atoms with Gasteiger partial charge < -0.3 is 10.2 Å². The van der Waals surface area contributed by atoms with Crippen molar-refractivity contribution in [3.05, 3.63) is 29.8 Å². The van der Waals surface area contributed by atoms with Gasteiger partial charge in [-0.2, -0.15) is 13.2 Å². The van der Waals surface area contributed by atoms with Crippen LogP contribution in [0.5, 0.6) is 0 Å². The molecule has 138 valence electrons. The third-order valence-corrected chi connectivity index (χ3v) is 4.34. The number of carbonyl (C=O) groups is 2. The monoisotopic (exact) mass is 356 g/mol. The number of nitrogens with zero attached hydrogens (tertiary/aromatic N) is 1. The normalized spacial score (nSPS) is 18.8. The van der Waals surface area contributed by atoms with Crippen LogP contribution in [0.2, 0.25) is 0 Å². The van der Waals surface area contributed by atoms with Gasteiger partial charge in [0.1, 0.15) is 0 Å². The molecule has 1 atom stereocenters. The molecule has 1 aromatic carbocycles. The summed E-state index contributed by atoms with van der Waals surface area (Å²) in [5.74, 6) is -2.87. The molecule has 7 heteroatoms. The smallest absolute Gasteiger partial charge is 0.334 e. The summed E-state index contributed by atoms with van der Waals surface area (Å²) in [6, 6.07) is 7.38. The summed E-state index contributed by atoms with van der Waals surface area (Å²) in [6.07, 6.45) is -4.06. The highest BCUT2D eigenvalue weighted by Crippen LogP contribution is 2.26. The van der Waals surface area contributed by atoms with Gasteiger partial charge >= 0.3 is 12.1 Å². The quantitative estimate of drug-likeness (QED) is 0.878. The molecule has 1 unspecified atom stereocenters. The lowest BCUT2D eigenvalue weighted by atomic mass is 9.87. The predicted molar refractivity (Wildman–Crippen MR) is 89.1 cm³/mol. The third-order valence-electron chi connectivity index (χ3n) is 4.34. The maximum absolute atomic E-state index is 12.6. The Hall–Kier alpha value is -2.05. The maximum Gasteiger partial charge on any atom is 0.471 e. The number of carbonyl (C=O) groups excluding carboxylic acids is 2. The Morgan fingerprint density at radius 2 is 1.72 bits per heavy atom. The molecule has 0 aliphatic carbocycles. The van der Waals surface area contributed by atoms with Crippen molar-refractivity contribution in [3.8, 4) is 0 Å². The van der Waals surface area contributed by atoms with Gasteiger partial charge in [0.25, 0.3) is 0 Å². The second-order valence-corrected chi connectivity index (χ2v) is 7.40. The maximum atomic E-state index is 12.6. The highest BCUT2D eigenvalue weighted by atomic mass is 19.4. The van der Waals surface area contributed by atoms with Crippen LogP contribution < -0.4 is 5.32 Å². The van der Waals surface area contributed by atoms with Crippen LogP contribution in [0.1, 0.15) is 39.2 Å². The molecule has 0 saturated carbocycles. The van der Waals surface area contributed by atoms with Crippen LogP contribution in [-0.2, 0) is 15.0 Å². The summed E-state index contributed by atoms with van der Waals surface area (Å²) in [7, 11) is 0. The number of anilines is 1. The molecule has 0 spiro atoms. The second kappa shape index (κ2) is 7.06. The van der Waals surface area contributed by atoms with Crippen LogP contribution in [0.25, 0.3) is 0 Å². The summed E-state index contributed by atoms with van der Waals surface area (Å²) >= 11 is 0. The van der Waals surface area contributed by atoms with Gasteiger partial charge in [0.05, 0.1) is 5.92 Å². The minimum atomic E-state index is -4.90. The second-order valence-electron chi connectivity index (χ2n) is 7.40. The standard InChI is InChI=1S/C18H23F3N2O2/c1-17(2,3)13-6-8-14(9-7-13)22-15(24)12-5-4-10-23(11-12)16(25)18(19,20)21/h6-9,12H,4-5,10-11H2,1-3H3,(H,22,24). The fourth-order valence-electron chi connectivity index (χ4n) is 2.85. The van der Waals surface area contributed by atoms with E-state index in [1.165, 1.54) is 0 Å². The number of nitrogens with one attached hydrogen (secondary N) is 1. The van der Waals surface area contributed by atoms with Crippen molar-refractivity contribution in [2.24, 2.45) is 5.92 Å². The minimum absolute atomic E-state index is 0.00956. The molecular formula is C18H23F3N2O2. The average molecular weight is 356 g/mol. The van der Waals surface area contributed by atoms with Crippen molar-refractivity contribution in [2.75, 3.05) is 18.4 Å². The van der Waals surface area contributed by atoms with Crippen molar-refractivity contribution in [1.29, 1.82) is 0 Å². The number of piperidine rings is 1. The fraction of sp³-hybridized carbons (Fsp3) is 0.556. The van der Waals surface area contributed by atoms with Crippen LogP contribution in [0.15, 0.2) is 24.3 Å². The van der Waals surface area contributed by atoms with Crippen LogP contribution >= 0.6 is 0 Å². The van der Waals surface area contributed by atoms with E-state index in [0.717, 1.165) is 10.5 Å². The van der Waals surface area contributed by atoms with Crippen molar-refractivity contribution >= 4 is 17.5 Å². The van der Waals surface area contributed by atoms with Crippen LogP contribution in [0, 0.1) is 5.92 Å². The van der Waals surface area contributed by atoms with Crippen LogP contribution in [0.4, 0.5) is 18.9 Å². The molecule has 1 fully saturated rings. The Bertz CT molecular complexity index is 633. The van der Waals surface area contributed by atoms with E-state index in [1.54, 1.807) is 12.1 Å². The van der Waals surface area contributed by atoms with Crippen LogP contribution in [-0.4, -0.2) is 36.0 Å². The first-order valence-corrected chi connectivity index (χ1v) is 8.26. The first kappa shape index (κ1) is 19.3. The van der Waals surface area contributed by atoms with Crippen molar-refractivity contribution in [1.82, 2.24) is 4.90 Å². The van der Waals surface area contributed by atoms with Gasteiger partial charge in [-0.1, -0.05) is 32.9 Å². The van der Waals surface area contributed by atoms with Gasteiger partial charge in [0.2, 0.25) is 5.91 Å². The van der Waals surface area contributed by atoms with Gasteiger partial charge in [-0.05, 0) is 36.0 Å². The van der Waals surface area contributed by atoms with Gasteiger partial charge in [-0.25, -0.2) is 0 Å². The molecule has 0 bridgehead atoms. The molecular weight excluding hydrogens is 333 g/mol. The molecule has 1 heterocycles. The summed E-state index contributed by atoms with van der Waals surface area (Å²) < 4.78 is 37.7. The molecule has 1 saturated heterocycles. The number of alkyl halides is 3. The zero-order chi connectivity index (χ0) is 18.8. The largest absolute Gasteiger partial charge is 0.471 e. The lowest BCUT2D eigenvalue weighted by Crippen LogP contribution is -2.48. The van der Waals surface area contributed by atoms with Crippen molar-refractivity contribution in [2.45, 2.75) is 45.2 Å². The number of rotatable bonds is 2. The van der Waals surface area contributed by atoms with Gasteiger partial charge in [-0.15, -0.1) is 0 Å². The molecule has 4 nitrogen and oxygen atoms in total. The summed E-state index contributed by atoms with van der Waals surface area (Å²) in [6.45, 7) is 6.06. The lowest BCUT2D eigenvalue weighted by molar-refractivity contribution is -0.187. The van der Waals surface area contributed by atoms with Gasteiger partial charge in [0, 0.05) is 18.8 Å². The van der Waals surface area contributed by atoms with E-state index in [-0.39, 0.29) is 24.4 Å². The predicted octanol–water partition coefficient (Wildman–Crippen LogP) is 3.72.